The summed E-state index contributed by atoms with van der Waals surface area (Å²) in [5.41, 5.74) is 2.86. The van der Waals surface area contributed by atoms with Crippen molar-refractivity contribution in [1.82, 2.24) is 0 Å². The minimum Gasteiger partial charge on any atom is -0.393 e. The first-order valence-electron chi connectivity index (χ1n) is 5.52. The number of aryl methyl sites for hydroxylation is 1. The number of hydrogen-bond acceptors (Lipinski definition) is 1. The third kappa shape index (κ3) is 2.58. The van der Waals surface area contributed by atoms with Crippen molar-refractivity contribution < 1.29 is 5.11 Å². The molecule has 1 nitrogen and oxygen atoms in total. The van der Waals surface area contributed by atoms with E-state index in [0.29, 0.717) is 0 Å². The van der Waals surface area contributed by atoms with Crippen LogP contribution in [0.3, 0.4) is 0 Å². The Bertz CT molecular complexity index is 300. The van der Waals surface area contributed by atoms with Crippen LogP contribution < -0.4 is 0 Å². The molecule has 76 valence electrons. The smallest absolute Gasteiger partial charge is 0.0515 e. The molecule has 0 aromatic heterocycles. The maximum atomic E-state index is 9.20. The monoisotopic (exact) mass is 190 g/mol. The second-order valence-electron chi connectivity index (χ2n) is 4.41. The molecule has 1 aromatic rings. The molecule has 0 saturated heterocycles. The van der Waals surface area contributed by atoms with Gasteiger partial charge in [-0.25, -0.2) is 0 Å². The van der Waals surface area contributed by atoms with Gasteiger partial charge >= 0.3 is 0 Å². The van der Waals surface area contributed by atoms with Crippen LogP contribution >= 0.6 is 0 Å². The van der Waals surface area contributed by atoms with Crippen LogP contribution in [0, 0.1) is 0 Å². The van der Waals surface area contributed by atoms with Crippen molar-refractivity contribution in [2.45, 2.75) is 44.6 Å². The molecule has 1 fully saturated rings. The molecule has 1 saturated carbocycles. The Hall–Kier alpha value is -0.820. The highest BCUT2D eigenvalue weighted by atomic mass is 16.3. The number of rotatable bonds is 4. The first-order chi connectivity index (χ1) is 6.75. The van der Waals surface area contributed by atoms with E-state index in [9.17, 15) is 5.11 Å². The van der Waals surface area contributed by atoms with Crippen molar-refractivity contribution >= 4 is 0 Å². The molecule has 14 heavy (non-hydrogen) atoms. The third-order valence-corrected chi connectivity index (χ3v) is 2.85. The Morgan fingerprint density at radius 2 is 2.21 bits per heavy atom. The summed E-state index contributed by atoms with van der Waals surface area (Å²) in [6.45, 7) is 1.85. The summed E-state index contributed by atoms with van der Waals surface area (Å²) in [5, 5.41) is 9.20. The molecule has 0 spiro atoms. The average molecular weight is 190 g/mol. The van der Waals surface area contributed by atoms with Gasteiger partial charge in [-0.1, -0.05) is 24.3 Å². The fourth-order valence-corrected chi connectivity index (χ4v) is 1.79. The molecule has 1 aliphatic carbocycles. The molecule has 0 amide bonds. The summed E-state index contributed by atoms with van der Waals surface area (Å²) < 4.78 is 0. The van der Waals surface area contributed by atoms with Crippen molar-refractivity contribution in [3.8, 4) is 0 Å². The van der Waals surface area contributed by atoms with E-state index in [1.807, 2.05) is 6.92 Å². The summed E-state index contributed by atoms with van der Waals surface area (Å²) in [4.78, 5) is 0. The largest absolute Gasteiger partial charge is 0.393 e. The summed E-state index contributed by atoms with van der Waals surface area (Å²) in [7, 11) is 0. The molecular formula is C13H18O. The Kier molecular flexibility index (Phi) is 2.87. The lowest BCUT2D eigenvalue weighted by Crippen LogP contribution is -2.01. The Labute approximate surface area is 85.8 Å². The van der Waals surface area contributed by atoms with Crippen LogP contribution in [0.15, 0.2) is 24.3 Å². The Morgan fingerprint density at radius 3 is 2.86 bits per heavy atom. The minimum absolute atomic E-state index is 0.181. The highest BCUT2D eigenvalue weighted by Gasteiger charge is 2.23. The SMILES string of the molecule is CC(O)CCc1cccc(C2CC2)c1. The second-order valence-corrected chi connectivity index (χ2v) is 4.41. The predicted octanol–water partition coefficient (Wildman–Crippen LogP) is 2.88. The molecule has 1 aliphatic rings. The van der Waals surface area contributed by atoms with Gasteiger partial charge in [0.25, 0.3) is 0 Å². The lowest BCUT2D eigenvalue weighted by atomic mass is 10.0. The van der Waals surface area contributed by atoms with Crippen molar-refractivity contribution in [2.75, 3.05) is 0 Å². The van der Waals surface area contributed by atoms with E-state index in [4.69, 9.17) is 0 Å². The van der Waals surface area contributed by atoms with Gasteiger partial charge in [-0.05, 0) is 49.7 Å². The van der Waals surface area contributed by atoms with Crippen LogP contribution in [0.4, 0.5) is 0 Å². The van der Waals surface area contributed by atoms with Gasteiger partial charge in [0.05, 0.1) is 6.10 Å². The third-order valence-electron chi connectivity index (χ3n) is 2.85. The molecule has 1 heteroatoms. The van der Waals surface area contributed by atoms with Gasteiger partial charge in [0.1, 0.15) is 0 Å². The van der Waals surface area contributed by atoms with Crippen molar-refractivity contribution in [2.24, 2.45) is 0 Å². The zero-order valence-electron chi connectivity index (χ0n) is 8.74. The van der Waals surface area contributed by atoms with Gasteiger partial charge in [0, 0.05) is 0 Å². The summed E-state index contributed by atoms with van der Waals surface area (Å²) in [6.07, 6.45) is 4.41. The Morgan fingerprint density at radius 1 is 1.43 bits per heavy atom. The average Bonchev–Trinajstić information content (AvgIpc) is 2.98. The summed E-state index contributed by atoms with van der Waals surface area (Å²) in [6, 6.07) is 8.84. The molecule has 1 atom stereocenters. The van der Waals surface area contributed by atoms with Crippen LogP contribution in [0.2, 0.25) is 0 Å². The molecule has 1 N–H and O–H groups in total. The zero-order chi connectivity index (χ0) is 9.97. The highest BCUT2D eigenvalue weighted by Crippen LogP contribution is 2.40. The second kappa shape index (κ2) is 4.14. The molecule has 1 aromatic carbocycles. The normalized spacial score (nSPS) is 18.1. The molecule has 0 radical (unpaired) electrons. The number of benzene rings is 1. The lowest BCUT2D eigenvalue weighted by Gasteiger charge is -2.06. The van der Waals surface area contributed by atoms with E-state index in [2.05, 4.69) is 24.3 Å². The van der Waals surface area contributed by atoms with E-state index >= 15 is 0 Å². The number of aliphatic hydroxyl groups is 1. The zero-order valence-corrected chi connectivity index (χ0v) is 8.74. The van der Waals surface area contributed by atoms with Crippen molar-refractivity contribution in [3.63, 3.8) is 0 Å². The first-order valence-corrected chi connectivity index (χ1v) is 5.52. The van der Waals surface area contributed by atoms with E-state index in [1.165, 1.54) is 24.0 Å². The van der Waals surface area contributed by atoms with E-state index in [0.717, 1.165) is 18.8 Å². The molecule has 0 heterocycles. The van der Waals surface area contributed by atoms with E-state index < -0.39 is 0 Å². The number of hydrogen-bond donors (Lipinski definition) is 1. The maximum absolute atomic E-state index is 9.20. The molecule has 2 rings (SSSR count). The van der Waals surface area contributed by atoms with Crippen molar-refractivity contribution in [1.29, 1.82) is 0 Å². The van der Waals surface area contributed by atoms with Crippen molar-refractivity contribution in [3.05, 3.63) is 35.4 Å². The highest BCUT2D eigenvalue weighted by molar-refractivity contribution is 5.29. The van der Waals surface area contributed by atoms with Gasteiger partial charge in [0.2, 0.25) is 0 Å². The summed E-state index contributed by atoms with van der Waals surface area (Å²) in [5.74, 6) is 0.835. The molecule has 0 aliphatic heterocycles. The fraction of sp³-hybridized carbons (Fsp3) is 0.538. The maximum Gasteiger partial charge on any atom is 0.0515 e. The topological polar surface area (TPSA) is 20.2 Å². The Balaban J connectivity index is 1.99. The van der Waals surface area contributed by atoms with Crippen LogP contribution in [0.1, 0.15) is 43.2 Å². The van der Waals surface area contributed by atoms with Crippen LogP contribution in [-0.2, 0) is 6.42 Å². The van der Waals surface area contributed by atoms with Crippen LogP contribution in [0.5, 0.6) is 0 Å². The minimum atomic E-state index is -0.181. The van der Waals surface area contributed by atoms with E-state index in [-0.39, 0.29) is 6.10 Å². The van der Waals surface area contributed by atoms with Crippen LogP contribution in [0.25, 0.3) is 0 Å². The standard InChI is InChI=1S/C13H18O/c1-10(14)5-6-11-3-2-4-13(9-11)12-7-8-12/h2-4,9-10,12,14H,5-8H2,1H3. The van der Waals surface area contributed by atoms with E-state index in [1.54, 1.807) is 0 Å². The summed E-state index contributed by atoms with van der Waals surface area (Å²) >= 11 is 0. The molecule has 1 unspecified atom stereocenters. The van der Waals surface area contributed by atoms with Gasteiger partial charge in [-0.3, -0.25) is 0 Å². The van der Waals surface area contributed by atoms with Gasteiger partial charge in [0.15, 0.2) is 0 Å². The molecule has 0 bridgehead atoms. The van der Waals surface area contributed by atoms with Gasteiger partial charge in [-0.15, -0.1) is 0 Å². The van der Waals surface area contributed by atoms with Gasteiger partial charge in [-0.2, -0.15) is 0 Å². The number of aliphatic hydroxyl groups excluding tert-OH is 1. The quantitative estimate of drug-likeness (QED) is 0.774. The lowest BCUT2D eigenvalue weighted by molar-refractivity contribution is 0.185. The van der Waals surface area contributed by atoms with Gasteiger partial charge < -0.3 is 5.11 Å². The predicted molar refractivity (Wildman–Crippen MR) is 58.4 cm³/mol. The molecular weight excluding hydrogens is 172 g/mol. The fourth-order valence-electron chi connectivity index (χ4n) is 1.79. The first kappa shape index (κ1) is 9.72. The van der Waals surface area contributed by atoms with Crippen LogP contribution in [-0.4, -0.2) is 11.2 Å².